The number of carbonyl (C=O) groups is 3. The van der Waals surface area contributed by atoms with E-state index in [1.807, 2.05) is 13.0 Å². The van der Waals surface area contributed by atoms with E-state index in [-0.39, 0.29) is 16.2 Å². The lowest BCUT2D eigenvalue weighted by Gasteiger charge is -2.43. The standard InChI is InChI=1S/C16H19N3O4S.C7H8O3S/c1-16(2)11(15(22)23)19-13(21)10(14(19)24-16)18-12(20)9(17)8-6-4-3-5-7-8;1-6-2-4-7(5-3-6)11(8,9)10/h3-7,9-11,14H,17H2,1-2H3,(H,18,20)(H,22,23);2-5H,1H3,(H,8,9,10)/p-1/t9-,10-,11+,14-;/m1./s1. The number of hydrogen-bond acceptors (Lipinski definition) is 8. The summed E-state index contributed by atoms with van der Waals surface area (Å²) in [6, 6.07) is 12.2. The summed E-state index contributed by atoms with van der Waals surface area (Å²) < 4.78 is 30.5. The number of carbonyl (C=O) groups excluding carboxylic acids is 2. The van der Waals surface area contributed by atoms with Crippen molar-refractivity contribution in [2.45, 2.75) is 53.9 Å². The molecule has 0 aromatic heterocycles. The molecule has 2 aromatic rings. The van der Waals surface area contributed by atoms with E-state index >= 15 is 0 Å². The number of aliphatic carboxylic acids is 1. The second kappa shape index (κ2) is 9.97. The van der Waals surface area contributed by atoms with Crippen LogP contribution in [0.4, 0.5) is 0 Å². The summed E-state index contributed by atoms with van der Waals surface area (Å²) in [7, 11) is -4.27. The van der Waals surface area contributed by atoms with E-state index in [2.05, 4.69) is 5.32 Å². The molecule has 2 fully saturated rings. The van der Waals surface area contributed by atoms with Gasteiger partial charge in [-0.05, 0) is 38.5 Å². The van der Waals surface area contributed by atoms with Gasteiger partial charge < -0.3 is 25.6 Å². The van der Waals surface area contributed by atoms with Crippen LogP contribution in [0.2, 0.25) is 0 Å². The SMILES string of the molecule is CC1(C)S[C@@H]2[C@H](NC(=O)[C@H](N)c3ccccc3)C(=O)N2[C@H]1C(=O)O.Cc1ccc(S(=O)(=O)[O-])cc1. The van der Waals surface area contributed by atoms with Crippen molar-refractivity contribution in [2.75, 3.05) is 0 Å². The highest BCUT2D eigenvalue weighted by atomic mass is 32.2. The third-order valence-corrected chi connectivity index (χ3v) is 8.14. The van der Waals surface area contributed by atoms with E-state index < -0.39 is 44.9 Å². The molecule has 0 spiro atoms. The zero-order chi connectivity index (χ0) is 26.1. The molecule has 12 heteroatoms. The molecule has 0 aliphatic carbocycles. The van der Waals surface area contributed by atoms with E-state index in [4.69, 9.17) is 5.73 Å². The maximum Gasteiger partial charge on any atom is 0.327 e. The Bertz CT molecular complexity index is 1220. The van der Waals surface area contributed by atoms with E-state index in [9.17, 15) is 32.5 Å². The van der Waals surface area contributed by atoms with E-state index in [1.54, 1.807) is 50.2 Å². The van der Waals surface area contributed by atoms with Gasteiger partial charge in [0.2, 0.25) is 11.8 Å². The first-order valence-corrected chi connectivity index (χ1v) is 12.9. The highest BCUT2D eigenvalue weighted by molar-refractivity contribution is 8.01. The predicted octanol–water partition coefficient (Wildman–Crippen LogP) is 1.22. The van der Waals surface area contributed by atoms with Crippen molar-refractivity contribution in [3.8, 4) is 0 Å². The van der Waals surface area contributed by atoms with Gasteiger partial charge >= 0.3 is 5.97 Å². The normalized spacial score (nSPS) is 23.3. The van der Waals surface area contributed by atoms with Crippen LogP contribution >= 0.6 is 11.8 Å². The van der Waals surface area contributed by atoms with Crippen molar-refractivity contribution in [2.24, 2.45) is 5.73 Å². The summed E-state index contributed by atoms with van der Waals surface area (Å²) in [4.78, 5) is 37.3. The van der Waals surface area contributed by atoms with Gasteiger partial charge in [0, 0.05) is 4.75 Å². The smallest absolute Gasteiger partial charge is 0.327 e. The number of hydrogen-bond donors (Lipinski definition) is 3. The number of nitrogens with two attached hydrogens (primary N) is 1. The van der Waals surface area contributed by atoms with Crippen molar-refractivity contribution < 1.29 is 32.5 Å². The lowest BCUT2D eigenvalue weighted by Crippen LogP contribution is -2.71. The number of fused-ring (bicyclic) bond motifs is 1. The van der Waals surface area contributed by atoms with Crippen LogP contribution in [0, 0.1) is 6.92 Å². The van der Waals surface area contributed by atoms with E-state index in [0.717, 1.165) is 5.56 Å². The van der Waals surface area contributed by atoms with Gasteiger partial charge in [0.25, 0.3) is 0 Å². The number of thioether (sulfide) groups is 1. The Labute approximate surface area is 207 Å². The summed E-state index contributed by atoms with van der Waals surface area (Å²) in [5, 5.41) is 11.7. The molecule has 4 rings (SSSR count). The van der Waals surface area contributed by atoms with Crippen LogP contribution in [-0.4, -0.2) is 63.0 Å². The van der Waals surface area contributed by atoms with Gasteiger partial charge in [-0.15, -0.1) is 11.8 Å². The van der Waals surface area contributed by atoms with Crippen LogP contribution in [0.15, 0.2) is 59.5 Å². The maximum absolute atomic E-state index is 12.3. The summed E-state index contributed by atoms with van der Waals surface area (Å²) in [5.74, 6) is -1.86. The van der Waals surface area contributed by atoms with Gasteiger partial charge in [-0.3, -0.25) is 9.59 Å². The Morgan fingerprint density at radius 1 is 1.14 bits per heavy atom. The lowest BCUT2D eigenvalue weighted by atomic mass is 9.95. The molecule has 2 amide bonds. The zero-order valence-corrected chi connectivity index (χ0v) is 20.9. The minimum atomic E-state index is -4.27. The summed E-state index contributed by atoms with van der Waals surface area (Å²) in [6.45, 7) is 5.40. The molecule has 2 aliphatic rings. The number of nitrogens with one attached hydrogen (secondary N) is 1. The molecule has 0 bridgehead atoms. The molecule has 188 valence electrons. The number of carboxylic acids is 1. The second-order valence-corrected chi connectivity index (χ2v) is 11.9. The van der Waals surface area contributed by atoms with Crippen molar-refractivity contribution in [1.82, 2.24) is 10.2 Å². The fraction of sp³-hybridized carbons (Fsp3) is 0.348. The third kappa shape index (κ3) is 5.67. The first-order chi connectivity index (χ1) is 16.2. The highest BCUT2D eigenvalue weighted by Crippen LogP contribution is 2.50. The fourth-order valence-electron chi connectivity index (χ4n) is 3.91. The highest BCUT2D eigenvalue weighted by Gasteiger charge is 2.64. The molecule has 0 unspecified atom stereocenters. The van der Waals surface area contributed by atoms with Crippen LogP contribution in [-0.2, 0) is 24.5 Å². The maximum atomic E-state index is 12.3. The Morgan fingerprint density at radius 3 is 2.23 bits per heavy atom. The van der Waals surface area contributed by atoms with Gasteiger partial charge in [0.1, 0.15) is 33.6 Å². The fourth-order valence-corrected chi connectivity index (χ4v) is 6.00. The first kappa shape index (κ1) is 26.7. The second-order valence-electron chi connectivity index (χ2n) is 8.74. The first-order valence-electron chi connectivity index (χ1n) is 10.6. The molecule has 35 heavy (non-hydrogen) atoms. The molecule has 2 saturated heterocycles. The van der Waals surface area contributed by atoms with Crippen LogP contribution in [0.1, 0.15) is 31.0 Å². The van der Waals surface area contributed by atoms with Crippen LogP contribution < -0.4 is 11.1 Å². The minimum Gasteiger partial charge on any atom is -0.744 e. The van der Waals surface area contributed by atoms with Gasteiger partial charge in [-0.1, -0.05) is 48.0 Å². The molecule has 0 saturated carbocycles. The molecule has 4 atom stereocenters. The Balaban J connectivity index is 0.000000261. The Morgan fingerprint density at radius 2 is 1.71 bits per heavy atom. The number of nitrogens with zero attached hydrogens (tertiary/aromatic N) is 1. The molecule has 2 aliphatic heterocycles. The number of rotatable bonds is 5. The van der Waals surface area contributed by atoms with E-state index in [1.165, 1.54) is 28.8 Å². The van der Waals surface area contributed by atoms with Crippen molar-refractivity contribution in [1.29, 1.82) is 0 Å². The molecule has 4 N–H and O–H groups in total. The zero-order valence-electron chi connectivity index (χ0n) is 19.2. The van der Waals surface area contributed by atoms with Crippen LogP contribution in [0.5, 0.6) is 0 Å². The van der Waals surface area contributed by atoms with Gasteiger partial charge in [0.05, 0.1) is 4.90 Å². The number of carboxylic acid groups (broad SMARTS) is 1. The van der Waals surface area contributed by atoms with Gasteiger partial charge in [-0.25, -0.2) is 13.2 Å². The third-order valence-electron chi connectivity index (χ3n) is 5.72. The molecular weight excluding hydrogens is 494 g/mol. The summed E-state index contributed by atoms with van der Waals surface area (Å²) in [5.41, 5.74) is 7.52. The minimum absolute atomic E-state index is 0.178. The molecule has 2 aromatic carbocycles. The largest absolute Gasteiger partial charge is 0.744 e. The Hall–Kier alpha value is -2.93. The Kier molecular flexibility index (Phi) is 7.60. The number of amides is 2. The summed E-state index contributed by atoms with van der Waals surface area (Å²) in [6.07, 6.45) is 0. The molecule has 10 nitrogen and oxygen atoms in total. The monoisotopic (exact) mass is 520 g/mol. The van der Waals surface area contributed by atoms with Crippen molar-refractivity contribution in [3.05, 3.63) is 65.7 Å². The molecular formula is C23H26N3O7S2-. The average Bonchev–Trinajstić information content (AvgIpc) is 3.05. The quantitative estimate of drug-likeness (QED) is 0.387. The average molecular weight is 521 g/mol. The number of benzene rings is 2. The molecule has 2 heterocycles. The van der Waals surface area contributed by atoms with Crippen molar-refractivity contribution >= 4 is 39.7 Å². The van der Waals surface area contributed by atoms with Gasteiger partial charge in [0.15, 0.2) is 0 Å². The predicted molar refractivity (Wildman–Crippen MR) is 128 cm³/mol. The summed E-state index contributed by atoms with van der Waals surface area (Å²) >= 11 is 1.38. The topological polar surface area (TPSA) is 170 Å². The van der Waals surface area contributed by atoms with Crippen LogP contribution in [0.3, 0.4) is 0 Å². The molecule has 0 radical (unpaired) electrons. The lowest BCUT2D eigenvalue weighted by molar-refractivity contribution is -0.161. The van der Waals surface area contributed by atoms with Crippen molar-refractivity contribution in [3.63, 3.8) is 0 Å². The number of β-lactam (4-membered cyclic amide) rings is 1. The van der Waals surface area contributed by atoms with Gasteiger partial charge in [-0.2, -0.15) is 0 Å². The van der Waals surface area contributed by atoms with E-state index in [0.29, 0.717) is 5.56 Å². The number of aryl methyl sites for hydroxylation is 1. The van der Waals surface area contributed by atoms with Crippen LogP contribution in [0.25, 0.3) is 0 Å².